The number of alkyl halides is 3. The summed E-state index contributed by atoms with van der Waals surface area (Å²) in [5.41, 5.74) is -0.00620. The fraction of sp³-hybridized carbons (Fsp3) is 0.455. The van der Waals surface area contributed by atoms with Crippen molar-refractivity contribution in [2.24, 2.45) is 5.92 Å². The zero-order chi connectivity index (χ0) is 23.8. The first-order valence-electron chi connectivity index (χ1n) is 10.7. The number of carbonyl (C=O) groups is 2. The molecular formula is C22H23ClF3N5O2. The molecule has 0 aromatic carbocycles. The molecule has 1 unspecified atom stereocenters. The van der Waals surface area contributed by atoms with E-state index in [1.54, 1.807) is 13.0 Å². The highest BCUT2D eigenvalue weighted by molar-refractivity contribution is 6.30. The van der Waals surface area contributed by atoms with Gasteiger partial charge in [0.25, 0.3) is 5.91 Å². The number of hydrogen-bond acceptors (Lipinski definition) is 5. The van der Waals surface area contributed by atoms with Gasteiger partial charge in [-0.1, -0.05) is 11.6 Å². The zero-order valence-electron chi connectivity index (χ0n) is 17.9. The molecule has 1 aliphatic heterocycles. The number of aromatic nitrogens is 2. The van der Waals surface area contributed by atoms with E-state index >= 15 is 0 Å². The van der Waals surface area contributed by atoms with E-state index in [0.29, 0.717) is 36.5 Å². The largest absolute Gasteiger partial charge is 0.420 e. The van der Waals surface area contributed by atoms with Gasteiger partial charge in [-0.15, -0.1) is 0 Å². The molecule has 7 nitrogen and oxygen atoms in total. The van der Waals surface area contributed by atoms with E-state index in [-0.39, 0.29) is 41.2 Å². The van der Waals surface area contributed by atoms with Gasteiger partial charge in [-0.2, -0.15) is 13.2 Å². The molecule has 1 atom stereocenters. The number of aryl methyl sites for hydroxylation is 1. The molecule has 2 aliphatic rings. The Morgan fingerprint density at radius 2 is 1.94 bits per heavy atom. The minimum Gasteiger partial charge on any atom is -0.354 e. The molecule has 1 saturated carbocycles. The Kier molecular flexibility index (Phi) is 6.47. The summed E-state index contributed by atoms with van der Waals surface area (Å²) in [6, 6.07) is 3.60. The summed E-state index contributed by atoms with van der Waals surface area (Å²) in [5, 5.41) is 5.53. The van der Waals surface area contributed by atoms with Gasteiger partial charge in [0.05, 0.1) is 10.6 Å². The summed E-state index contributed by atoms with van der Waals surface area (Å²) >= 11 is 5.74. The number of anilines is 2. The Hall–Kier alpha value is -2.88. The van der Waals surface area contributed by atoms with Crippen LogP contribution in [0, 0.1) is 12.8 Å². The van der Waals surface area contributed by atoms with Crippen LogP contribution in [0.3, 0.4) is 0 Å². The maximum absolute atomic E-state index is 13.5. The van der Waals surface area contributed by atoms with Crippen LogP contribution in [0.15, 0.2) is 24.4 Å². The van der Waals surface area contributed by atoms with Crippen LogP contribution in [-0.4, -0.2) is 40.9 Å². The molecule has 3 heterocycles. The minimum atomic E-state index is -4.60. The van der Waals surface area contributed by atoms with Crippen molar-refractivity contribution in [3.8, 4) is 0 Å². The molecule has 2 fully saturated rings. The highest BCUT2D eigenvalue weighted by Crippen LogP contribution is 2.37. The average Bonchev–Trinajstić information content (AvgIpc) is 3.58. The van der Waals surface area contributed by atoms with Crippen LogP contribution in [0.2, 0.25) is 5.02 Å². The van der Waals surface area contributed by atoms with Gasteiger partial charge in [-0.3, -0.25) is 9.59 Å². The molecule has 2 N–H and O–H groups in total. The Morgan fingerprint density at radius 3 is 2.64 bits per heavy atom. The predicted molar refractivity (Wildman–Crippen MR) is 117 cm³/mol. The van der Waals surface area contributed by atoms with E-state index in [0.717, 1.165) is 18.9 Å². The van der Waals surface area contributed by atoms with Crippen LogP contribution < -0.4 is 15.5 Å². The number of hydrogen-bond donors (Lipinski definition) is 2. The molecule has 2 amide bonds. The van der Waals surface area contributed by atoms with Crippen LogP contribution in [0.5, 0.6) is 0 Å². The standard InChI is InChI=1S/C22H23ClF3N5O2/c1-12-7-14(8-18(28-12)30-20(32)13-4-5-13)21(33)29-16-3-2-6-31(11-16)19-17(22(24,25)26)9-15(23)10-27-19/h7-10,13,16H,2-6,11H2,1H3,(H,29,33)(H,28,30,32). The second-order valence-corrected chi connectivity index (χ2v) is 8.86. The maximum Gasteiger partial charge on any atom is 0.420 e. The molecule has 0 bridgehead atoms. The van der Waals surface area contributed by atoms with Crippen molar-refractivity contribution in [1.29, 1.82) is 0 Å². The Balaban J connectivity index is 1.46. The third-order valence-corrected chi connectivity index (χ3v) is 5.82. The molecule has 2 aromatic heterocycles. The minimum absolute atomic E-state index is 0.000812. The van der Waals surface area contributed by atoms with Crippen molar-refractivity contribution in [3.63, 3.8) is 0 Å². The topological polar surface area (TPSA) is 87.2 Å². The summed E-state index contributed by atoms with van der Waals surface area (Å²) < 4.78 is 40.5. The van der Waals surface area contributed by atoms with Crippen molar-refractivity contribution in [2.75, 3.05) is 23.3 Å². The number of amides is 2. The van der Waals surface area contributed by atoms with E-state index in [2.05, 4.69) is 20.6 Å². The third kappa shape index (κ3) is 5.73. The average molecular weight is 482 g/mol. The van der Waals surface area contributed by atoms with Gasteiger partial charge < -0.3 is 15.5 Å². The van der Waals surface area contributed by atoms with Gasteiger partial charge in [0, 0.05) is 42.5 Å². The van der Waals surface area contributed by atoms with Gasteiger partial charge in [0.2, 0.25) is 5.91 Å². The van der Waals surface area contributed by atoms with E-state index in [1.807, 2.05) is 0 Å². The van der Waals surface area contributed by atoms with Crippen LogP contribution in [-0.2, 0) is 11.0 Å². The van der Waals surface area contributed by atoms with Crippen LogP contribution in [0.4, 0.5) is 24.8 Å². The van der Waals surface area contributed by atoms with Gasteiger partial charge in [0.1, 0.15) is 11.6 Å². The molecule has 0 radical (unpaired) electrons. The van der Waals surface area contributed by atoms with Gasteiger partial charge in [-0.05, 0) is 50.8 Å². The van der Waals surface area contributed by atoms with Crippen LogP contribution >= 0.6 is 11.6 Å². The monoisotopic (exact) mass is 481 g/mol. The molecule has 4 rings (SSSR count). The molecule has 1 saturated heterocycles. The van der Waals surface area contributed by atoms with E-state index in [1.165, 1.54) is 17.2 Å². The second kappa shape index (κ2) is 9.17. The smallest absolute Gasteiger partial charge is 0.354 e. The van der Waals surface area contributed by atoms with Crippen molar-refractivity contribution < 1.29 is 22.8 Å². The number of carbonyl (C=O) groups excluding carboxylic acids is 2. The molecular weight excluding hydrogens is 459 g/mol. The van der Waals surface area contributed by atoms with Gasteiger partial charge in [0.15, 0.2) is 0 Å². The SMILES string of the molecule is Cc1cc(C(=O)NC2CCCN(c3ncc(Cl)cc3C(F)(F)F)C2)cc(NC(=O)C2CC2)n1. The molecule has 1 aliphatic carbocycles. The van der Waals surface area contributed by atoms with Gasteiger partial charge in [-0.25, -0.2) is 9.97 Å². The first-order valence-corrected chi connectivity index (χ1v) is 11.1. The third-order valence-electron chi connectivity index (χ3n) is 5.61. The first kappa shape index (κ1) is 23.3. The fourth-order valence-electron chi connectivity index (χ4n) is 3.89. The number of halogens is 4. The number of nitrogens with one attached hydrogen (secondary N) is 2. The van der Waals surface area contributed by atoms with Crippen molar-refractivity contribution in [3.05, 3.63) is 46.2 Å². The Morgan fingerprint density at radius 1 is 1.18 bits per heavy atom. The van der Waals surface area contributed by atoms with E-state index < -0.39 is 11.7 Å². The highest BCUT2D eigenvalue weighted by atomic mass is 35.5. The predicted octanol–water partition coefficient (Wildman–Crippen LogP) is 4.20. The summed E-state index contributed by atoms with van der Waals surface area (Å²) in [7, 11) is 0. The van der Waals surface area contributed by atoms with E-state index in [4.69, 9.17) is 11.6 Å². The van der Waals surface area contributed by atoms with Crippen LogP contribution in [0.1, 0.15) is 47.3 Å². The summed E-state index contributed by atoms with van der Waals surface area (Å²) in [5.74, 6) is -0.383. The first-order chi connectivity index (χ1) is 15.6. The van der Waals surface area contributed by atoms with Crippen LogP contribution in [0.25, 0.3) is 0 Å². The summed E-state index contributed by atoms with van der Waals surface area (Å²) in [4.78, 5) is 34.6. The molecule has 2 aromatic rings. The summed E-state index contributed by atoms with van der Waals surface area (Å²) in [6.45, 7) is 2.28. The lowest BCUT2D eigenvalue weighted by molar-refractivity contribution is -0.137. The number of pyridine rings is 2. The zero-order valence-corrected chi connectivity index (χ0v) is 18.6. The maximum atomic E-state index is 13.5. The van der Waals surface area contributed by atoms with Gasteiger partial charge >= 0.3 is 6.18 Å². The van der Waals surface area contributed by atoms with E-state index in [9.17, 15) is 22.8 Å². The second-order valence-electron chi connectivity index (χ2n) is 8.43. The number of rotatable bonds is 5. The van der Waals surface area contributed by atoms with Crippen molar-refractivity contribution >= 4 is 35.1 Å². The molecule has 0 spiro atoms. The Bertz CT molecular complexity index is 1070. The highest BCUT2D eigenvalue weighted by Gasteiger charge is 2.37. The normalized spacial score (nSPS) is 18.7. The quantitative estimate of drug-likeness (QED) is 0.668. The number of nitrogens with zero attached hydrogens (tertiary/aromatic N) is 3. The lowest BCUT2D eigenvalue weighted by Crippen LogP contribution is -2.48. The lowest BCUT2D eigenvalue weighted by Gasteiger charge is -2.35. The summed E-state index contributed by atoms with van der Waals surface area (Å²) in [6.07, 6.45) is -0.509. The lowest BCUT2D eigenvalue weighted by atomic mass is 10.0. The fourth-order valence-corrected chi connectivity index (χ4v) is 4.04. The number of piperidine rings is 1. The molecule has 176 valence electrons. The van der Waals surface area contributed by atoms with Crippen molar-refractivity contribution in [2.45, 2.75) is 44.8 Å². The van der Waals surface area contributed by atoms with Crippen molar-refractivity contribution in [1.82, 2.24) is 15.3 Å². The Labute approximate surface area is 193 Å². The molecule has 33 heavy (non-hydrogen) atoms. The molecule has 11 heteroatoms.